The van der Waals surface area contributed by atoms with E-state index in [0.717, 1.165) is 27.3 Å². The zero-order valence-corrected chi connectivity index (χ0v) is 17.0. The first kappa shape index (κ1) is 19.2. The number of nitrogens with zero attached hydrogens (tertiary/aromatic N) is 1. The average Bonchev–Trinajstić information content (AvgIpc) is 3.11. The van der Waals surface area contributed by atoms with E-state index in [1.807, 2.05) is 48.5 Å². The lowest BCUT2D eigenvalue weighted by Crippen LogP contribution is -2.12. The highest BCUT2D eigenvalue weighted by atomic mass is 32.2. The van der Waals surface area contributed by atoms with Gasteiger partial charge >= 0.3 is 0 Å². The highest BCUT2D eigenvalue weighted by molar-refractivity contribution is 7.99. The SMILES string of the molecule is CS(=O)(=O)c1ccc(C(=O)Nc2ccc(Sc3nc4ccccc4[nH]3)cc2)cc1. The van der Waals surface area contributed by atoms with Gasteiger partial charge in [-0.1, -0.05) is 23.9 Å². The predicted octanol–water partition coefficient (Wildman–Crippen LogP) is 4.37. The lowest BCUT2D eigenvalue weighted by atomic mass is 10.2. The van der Waals surface area contributed by atoms with Gasteiger partial charge in [-0.3, -0.25) is 4.79 Å². The number of benzene rings is 3. The standard InChI is InChI=1S/C21H17N3O3S2/c1-29(26,27)17-12-6-14(7-13-17)20(25)22-15-8-10-16(11-9-15)28-21-23-18-4-2-3-5-19(18)24-21/h2-13H,1H3,(H,22,25)(H,23,24). The van der Waals surface area contributed by atoms with Crippen LogP contribution in [-0.2, 0) is 9.84 Å². The largest absolute Gasteiger partial charge is 0.333 e. The Morgan fingerprint density at radius 2 is 1.66 bits per heavy atom. The predicted molar refractivity (Wildman–Crippen MR) is 114 cm³/mol. The number of hydrogen-bond donors (Lipinski definition) is 2. The highest BCUT2D eigenvalue weighted by Crippen LogP contribution is 2.28. The van der Waals surface area contributed by atoms with Gasteiger partial charge in [0.1, 0.15) is 0 Å². The minimum absolute atomic E-state index is 0.181. The molecule has 2 N–H and O–H groups in total. The van der Waals surface area contributed by atoms with E-state index >= 15 is 0 Å². The van der Waals surface area contributed by atoms with Gasteiger partial charge in [0.25, 0.3) is 5.91 Å². The van der Waals surface area contributed by atoms with Gasteiger partial charge in [-0.25, -0.2) is 13.4 Å². The van der Waals surface area contributed by atoms with Crippen molar-refractivity contribution in [3.63, 3.8) is 0 Å². The van der Waals surface area contributed by atoms with Gasteiger partial charge in [0.05, 0.1) is 15.9 Å². The molecule has 29 heavy (non-hydrogen) atoms. The van der Waals surface area contributed by atoms with Gasteiger partial charge < -0.3 is 10.3 Å². The van der Waals surface area contributed by atoms with Gasteiger partial charge in [-0.15, -0.1) is 0 Å². The molecule has 1 amide bonds. The number of para-hydroxylation sites is 2. The van der Waals surface area contributed by atoms with E-state index in [-0.39, 0.29) is 10.8 Å². The van der Waals surface area contributed by atoms with Gasteiger partial charge in [-0.05, 0) is 60.7 Å². The third-order valence-electron chi connectivity index (χ3n) is 4.24. The van der Waals surface area contributed by atoms with Crippen molar-refractivity contribution in [3.05, 3.63) is 78.4 Å². The van der Waals surface area contributed by atoms with Crippen LogP contribution in [0, 0.1) is 0 Å². The van der Waals surface area contributed by atoms with Crippen molar-refractivity contribution in [2.24, 2.45) is 0 Å². The van der Waals surface area contributed by atoms with E-state index in [0.29, 0.717) is 11.3 Å². The number of nitrogens with one attached hydrogen (secondary N) is 2. The summed E-state index contributed by atoms with van der Waals surface area (Å²) >= 11 is 1.50. The van der Waals surface area contributed by atoms with Crippen LogP contribution in [0.25, 0.3) is 11.0 Å². The molecule has 0 atom stereocenters. The fourth-order valence-corrected chi connectivity index (χ4v) is 4.18. The minimum atomic E-state index is -3.29. The molecule has 0 fully saturated rings. The number of hydrogen-bond acceptors (Lipinski definition) is 5. The van der Waals surface area contributed by atoms with Crippen LogP contribution in [0.5, 0.6) is 0 Å². The van der Waals surface area contributed by atoms with Gasteiger partial charge in [0.2, 0.25) is 0 Å². The van der Waals surface area contributed by atoms with E-state index < -0.39 is 9.84 Å². The summed E-state index contributed by atoms with van der Waals surface area (Å²) in [6, 6.07) is 21.1. The fraction of sp³-hybridized carbons (Fsp3) is 0.0476. The highest BCUT2D eigenvalue weighted by Gasteiger charge is 2.10. The third-order valence-corrected chi connectivity index (χ3v) is 6.26. The zero-order chi connectivity index (χ0) is 20.4. The first-order chi connectivity index (χ1) is 13.9. The van der Waals surface area contributed by atoms with E-state index in [1.54, 1.807) is 0 Å². The topological polar surface area (TPSA) is 91.9 Å². The fourth-order valence-electron chi connectivity index (χ4n) is 2.75. The molecule has 4 rings (SSSR count). The third kappa shape index (κ3) is 4.49. The number of anilines is 1. The molecule has 0 radical (unpaired) electrons. The number of rotatable bonds is 5. The van der Waals surface area contributed by atoms with Crippen molar-refractivity contribution in [2.75, 3.05) is 11.6 Å². The van der Waals surface area contributed by atoms with Crippen molar-refractivity contribution < 1.29 is 13.2 Å². The Morgan fingerprint density at radius 3 is 2.31 bits per heavy atom. The van der Waals surface area contributed by atoms with Gasteiger partial charge in [-0.2, -0.15) is 0 Å². The molecule has 3 aromatic carbocycles. The Bertz CT molecular complexity index is 1250. The maximum Gasteiger partial charge on any atom is 0.255 e. The van der Waals surface area contributed by atoms with Crippen LogP contribution in [0.3, 0.4) is 0 Å². The number of carbonyl (C=O) groups is 1. The van der Waals surface area contributed by atoms with Crippen LogP contribution >= 0.6 is 11.8 Å². The van der Waals surface area contributed by atoms with Crippen molar-refractivity contribution in [1.29, 1.82) is 0 Å². The Morgan fingerprint density at radius 1 is 0.966 bits per heavy atom. The molecule has 0 saturated heterocycles. The lowest BCUT2D eigenvalue weighted by Gasteiger charge is -2.07. The molecule has 1 heterocycles. The Labute approximate surface area is 172 Å². The molecule has 0 aliphatic rings. The number of carbonyl (C=O) groups excluding carboxylic acids is 1. The Balaban J connectivity index is 1.43. The molecule has 8 heteroatoms. The molecule has 0 aliphatic heterocycles. The second-order valence-electron chi connectivity index (χ2n) is 6.44. The van der Waals surface area contributed by atoms with Crippen molar-refractivity contribution >= 4 is 44.2 Å². The molecule has 0 spiro atoms. The summed E-state index contributed by atoms with van der Waals surface area (Å²) in [5, 5.41) is 3.61. The second-order valence-corrected chi connectivity index (χ2v) is 9.51. The molecule has 146 valence electrons. The lowest BCUT2D eigenvalue weighted by molar-refractivity contribution is 0.102. The number of amides is 1. The summed E-state index contributed by atoms with van der Waals surface area (Å²) in [5.41, 5.74) is 2.94. The van der Waals surface area contributed by atoms with Gasteiger partial charge in [0, 0.05) is 22.4 Å². The van der Waals surface area contributed by atoms with Crippen LogP contribution in [-0.4, -0.2) is 30.5 Å². The van der Waals surface area contributed by atoms with Crippen molar-refractivity contribution in [3.8, 4) is 0 Å². The first-order valence-corrected chi connectivity index (χ1v) is 11.4. The minimum Gasteiger partial charge on any atom is -0.333 e. The van der Waals surface area contributed by atoms with Crippen molar-refractivity contribution in [1.82, 2.24) is 9.97 Å². The van der Waals surface area contributed by atoms with Crippen LogP contribution in [0.2, 0.25) is 0 Å². The summed E-state index contributed by atoms with van der Waals surface area (Å²) in [6.07, 6.45) is 1.13. The zero-order valence-electron chi connectivity index (χ0n) is 15.4. The second kappa shape index (κ2) is 7.73. The van der Waals surface area contributed by atoms with Crippen LogP contribution in [0.15, 0.2) is 87.7 Å². The Kier molecular flexibility index (Phi) is 5.12. The monoisotopic (exact) mass is 423 g/mol. The number of H-pyrrole nitrogens is 1. The van der Waals surface area contributed by atoms with E-state index in [4.69, 9.17) is 0 Å². The summed E-state index contributed by atoms with van der Waals surface area (Å²) in [5.74, 6) is -0.303. The number of aromatic nitrogens is 2. The molecule has 0 saturated carbocycles. The molecule has 6 nitrogen and oxygen atoms in total. The van der Waals surface area contributed by atoms with E-state index in [1.165, 1.54) is 36.0 Å². The molecule has 0 bridgehead atoms. The van der Waals surface area contributed by atoms with Crippen LogP contribution < -0.4 is 5.32 Å². The molecular formula is C21H17N3O3S2. The van der Waals surface area contributed by atoms with Crippen LogP contribution in [0.1, 0.15) is 10.4 Å². The quantitative estimate of drug-likeness (QED) is 0.497. The number of imidazole rings is 1. The molecular weight excluding hydrogens is 406 g/mol. The summed E-state index contributed by atoms with van der Waals surface area (Å²) in [6.45, 7) is 0. The number of aromatic amines is 1. The average molecular weight is 424 g/mol. The summed E-state index contributed by atoms with van der Waals surface area (Å²) in [4.78, 5) is 21.3. The number of sulfone groups is 1. The molecule has 4 aromatic rings. The Hall–Kier alpha value is -3.10. The van der Waals surface area contributed by atoms with Gasteiger partial charge in [0.15, 0.2) is 15.0 Å². The van der Waals surface area contributed by atoms with Crippen molar-refractivity contribution in [2.45, 2.75) is 14.9 Å². The molecule has 0 unspecified atom stereocenters. The maximum absolute atomic E-state index is 12.4. The first-order valence-electron chi connectivity index (χ1n) is 8.73. The molecule has 0 aliphatic carbocycles. The van der Waals surface area contributed by atoms with E-state index in [9.17, 15) is 13.2 Å². The number of fused-ring (bicyclic) bond motifs is 1. The van der Waals surface area contributed by atoms with E-state index in [2.05, 4.69) is 15.3 Å². The molecule has 1 aromatic heterocycles. The maximum atomic E-state index is 12.4. The smallest absolute Gasteiger partial charge is 0.255 e. The summed E-state index contributed by atoms with van der Waals surface area (Å²) in [7, 11) is -3.29. The van der Waals surface area contributed by atoms with Crippen LogP contribution in [0.4, 0.5) is 5.69 Å². The normalized spacial score (nSPS) is 11.5. The summed E-state index contributed by atoms with van der Waals surface area (Å²) < 4.78 is 23.0.